The highest BCUT2D eigenvalue weighted by atomic mass is 127. The zero-order valence-corrected chi connectivity index (χ0v) is 16.6. The summed E-state index contributed by atoms with van der Waals surface area (Å²) in [5.74, 6) is 0.985. The van der Waals surface area contributed by atoms with Gasteiger partial charge in [-0.15, -0.1) is 0 Å². The van der Waals surface area contributed by atoms with Crippen molar-refractivity contribution in [1.82, 2.24) is 9.55 Å². The van der Waals surface area contributed by atoms with Gasteiger partial charge in [0.25, 0.3) is 0 Å². The minimum Gasteiger partial charge on any atom is -1.00 e. The van der Waals surface area contributed by atoms with Crippen LogP contribution in [0.25, 0.3) is 0 Å². The van der Waals surface area contributed by atoms with Crippen LogP contribution in [0.1, 0.15) is 31.9 Å². The number of anilines is 1. The number of nitrogens with zero attached hydrogens (tertiary/aromatic N) is 3. The maximum absolute atomic E-state index is 4.48. The molecule has 1 aromatic heterocycles. The molecular weight excluding hydrogens is 399 g/mol. The van der Waals surface area contributed by atoms with Gasteiger partial charge in [-0.25, -0.2) is 4.98 Å². The Hall–Kier alpha value is -1.34. The molecule has 0 radical (unpaired) electrons. The monoisotopic (exact) mass is 424 g/mol. The number of halogens is 1. The van der Waals surface area contributed by atoms with Gasteiger partial charge in [0.1, 0.15) is 11.7 Å². The van der Waals surface area contributed by atoms with Gasteiger partial charge in [0.15, 0.2) is 6.17 Å². The Kier molecular flexibility index (Phi) is 5.20. The molecule has 1 aliphatic heterocycles. The lowest BCUT2D eigenvalue weighted by Gasteiger charge is -2.37. The van der Waals surface area contributed by atoms with E-state index in [0.29, 0.717) is 6.17 Å². The van der Waals surface area contributed by atoms with Gasteiger partial charge in [-0.05, 0) is 26.3 Å². The summed E-state index contributed by atoms with van der Waals surface area (Å²) >= 11 is 0. The van der Waals surface area contributed by atoms with Crippen LogP contribution in [0.2, 0.25) is 0 Å². The summed E-state index contributed by atoms with van der Waals surface area (Å²) in [4.78, 5) is 8.15. The number of hydrogen-bond donors (Lipinski definition) is 1. The van der Waals surface area contributed by atoms with Crippen LogP contribution in [0.5, 0.6) is 0 Å². The van der Waals surface area contributed by atoms with E-state index in [-0.39, 0.29) is 29.5 Å². The van der Waals surface area contributed by atoms with E-state index in [9.17, 15) is 0 Å². The minimum absolute atomic E-state index is 0. The molecule has 0 spiro atoms. The largest absolute Gasteiger partial charge is 1.00 e. The van der Waals surface area contributed by atoms with Crippen molar-refractivity contribution in [2.45, 2.75) is 39.4 Å². The van der Waals surface area contributed by atoms with E-state index in [0.717, 1.165) is 5.95 Å². The Balaban J connectivity index is 0.00000192. The fourth-order valence-electron chi connectivity index (χ4n) is 3.59. The van der Waals surface area contributed by atoms with Crippen molar-refractivity contribution in [2.75, 3.05) is 4.90 Å². The molecule has 3 rings (SSSR count). The smallest absolute Gasteiger partial charge is 0.214 e. The molecule has 0 bridgehead atoms. The molecule has 124 valence electrons. The molecule has 0 saturated heterocycles. The van der Waals surface area contributed by atoms with Crippen LogP contribution in [0.4, 0.5) is 5.95 Å². The highest BCUT2D eigenvalue weighted by Gasteiger charge is 2.42. The van der Waals surface area contributed by atoms with Gasteiger partial charge in [-0.3, -0.25) is 9.80 Å². The van der Waals surface area contributed by atoms with E-state index >= 15 is 0 Å². The predicted molar refractivity (Wildman–Crippen MR) is 89.5 cm³/mol. The van der Waals surface area contributed by atoms with Gasteiger partial charge in [0.05, 0.1) is 6.20 Å². The van der Waals surface area contributed by atoms with Crippen molar-refractivity contribution in [3.63, 3.8) is 0 Å². The standard InChI is InChI=1S/C18H24N4.HI/c1-14-8-6-7-9-16(14)18(3,4)22-13-12-21(15(22)2)17-19-10-11-20(17)5;/h6-13,15H,1-5H3;1H/t15-;/m1./s1. The van der Waals surface area contributed by atoms with Gasteiger partial charge >= 0.3 is 0 Å². The third kappa shape index (κ3) is 3.04. The van der Waals surface area contributed by atoms with Crippen LogP contribution >= 0.6 is 0 Å². The second kappa shape index (κ2) is 6.65. The zero-order chi connectivity index (χ0) is 15.9. The van der Waals surface area contributed by atoms with Crippen molar-refractivity contribution in [3.8, 4) is 0 Å². The molecule has 2 atom stereocenters. The van der Waals surface area contributed by atoms with Crippen LogP contribution < -0.4 is 33.8 Å². The molecule has 2 aromatic rings. The summed E-state index contributed by atoms with van der Waals surface area (Å²) in [6.07, 6.45) is 8.55. The van der Waals surface area contributed by atoms with E-state index < -0.39 is 0 Å². The van der Waals surface area contributed by atoms with E-state index in [1.54, 1.807) is 0 Å². The molecule has 1 unspecified atom stereocenters. The third-order valence-electron chi connectivity index (χ3n) is 4.85. The number of quaternary nitrogens is 1. The number of imidazole rings is 1. The first-order chi connectivity index (χ1) is 10.4. The summed E-state index contributed by atoms with van der Waals surface area (Å²) in [5.41, 5.74) is 2.74. The average molecular weight is 424 g/mol. The molecule has 0 aliphatic carbocycles. The highest BCUT2D eigenvalue weighted by molar-refractivity contribution is 5.38. The molecule has 1 aliphatic rings. The topological polar surface area (TPSA) is 25.5 Å². The first-order valence-electron chi connectivity index (χ1n) is 7.80. The van der Waals surface area contributed by atoms with E-state index in [1.807, 2.05) is 19.4 Å². The number of aryl methyl sites for hydroxylation is 2. The molecule has 5 heteroatoms. The van der Waals surface area contributed by atoms with Crippen LogP contribution in [0.15, 0.2) is 49.1 Å². The average Bonchev–Trinajstić information content (AvgIpc) is 3.05. The number of nitrogens with one attached hydrogen (secondary N) is 1. The summed E-state index contributed by atoms with van der Waals surface area (Å²) in [5, 5.41) is 0. The van der Waals surface area contributed by atoms with Gasteiger partial charge in [0, 0.05) is 31.9 Å². The zero-order valence-electron chi connectivity index (χ0n) is 14.4. The Bertz CT molecular complexity index is 705. The maximum atomic E-state index is 4.48. The minimum atomic E-state index is 0. The van der Waals surface area contributed by atoms with Gasteiger partial charge in [-0.1, -0.05) is 24.3 Å². The number of aromatic nitrogens is 2. The first kappa shape index (κ1) is 18.0. The fourth-order valence-corrected chi connectivity index (χ4v) is 3.59. The number of rotatable bonds is 3. The molecule has 1 aromatic carbocycles. The van der Waals surface area contributed by atoms with E-state index in [2.05, 4.69) is 78.8 Å². The second-order valence-electron chi connectivity index (χ2n) is 6.63. The molecular formula is C18H25IN4. The molecule has 0 fully saturated rings. The molecule has 2 heterocycles. The van der Waals surface area contributed by atoms with Crippen LogP contribution in [-0.4, -0.2) is 15.7 Å². The highest BCUT2D eigenvalue weighted by Crippen LogP contribution is 2.23. The Morgan fingerprint density at radius 1 is 1.22 bits per heavy atom. The van der Waals surface area contributed by atoms with Crippen LogP contribution in [0, 0.1) is 6.92 Å². The number of hydrogen-bond acceptors (Lipinski definition) is 2. The van der Waals surface area contributed by atoms with Crippen LogP contribution in [-0.2, 0) is 12.6 Å². The van der Waals surface area contributed by atoms with Gasteiger partial charge in [0.2, 0.25) is 5.95 Å². The predicted octanol–water partition coefficient (Wildman–Crippen LogP) is -0.810. The van der Waals surface area contributed by atoms with Gasteiger partial charge < -0.3 is 28.5 Å². The fraction of sp³-hybridized carbons (Fsp3) is 0.389. The quantitative estimate of drug-likeness (QED) is 0.653. The molecule has 4 nitrogen and oxygen atoms in total. The van der Waals surface area contributed by atoms with Crippen molar-refractivity contribution in [1.29, 1.82) is 0 Å². The third-order valence-corrected chi connectivity index (χ3v) is 4.85. The van der Waals surface area contributed by atoms with Gasteiger partial charge in [-0.2, -0.15) is 0 Å². The SMILES string of the molecule is Cc1ccccc1C(C)(C)[NH+]1C=CN(c2nccn2C)[C@H]1C.[I-]. The lowest BCUT2D eigenvalue weighted by Crippen LogP contribution is -3.17. The summed E-state index contributed by atoms with van der Waals surface area (Å²) in [7, 11) is 2.04. The normalized spacial score (nSPS) is 20.7. The molecule has 0 amide bonds. The molecule has 1 N–H and O–H groups in total. The lowest BCUT2D eigenvalue weighted by atomic mass is 9.88. The summed E-state index contributed by atoms with van der Waals surface area (Å²) < 4.78 is 2.06. The number of benzene rings is 1. The van der Waals surface area contributed by atoms with Crippen molar-refractivity contribution in [3.05, 3.63) is 60.2 Å². The second-order valence-corrected chi connectivity index (χ2v) is 6.63. The Labute approximate surface area is 155 Å². The lowest BCUT2D eigenvalue weighted by molar-refractivity contribution is -0.924. The van der Waals surface area contributed by atoms with Crippen molar-refractivity contribution < 1.29 is 28.9 Å². The van der Waals surface area contributed by atoms with Crippen LogP contribution in [0.3, 0.4) is 0 Å². The summed E-state index contributed by atoms with van der Waals surface area (Å²) in [6, 6.07) is 8.67. The Morgan fingerprint density at radius 2 is 1.91 bits per heavy atom. The molecule has 23 heavy (non-hydrogen) atoms. The summed E-state index contributed by atoms with van der Waals surface area (Å²) in [6.45, 7) is 9.07. The van der Waals surface area contributed by atoms with E-state index in [4.69, 9.17) is 0 Å². The van der Waals surface area contributed by atoms with Crippen molar-refractivity contribution in [2.24, 2.45) is 7.05 Å². The molecule has 0 saturated carbocycles. The first-order valence-corrected chi connectivity index (χ1v) is 7.80. The maximum Gasteiger partial charge on any atom is 0.214 e. The Morgan fingerprint density at radius 3 is 2.52 bits per heavy atom. The van der Waals surface area contributed by atoms with E-state index in [1.165, 1.54) is 16.0 Å². The van der Waals surface area contributed by atoms with Crippen molar-refractivity contribution >= 4 is 5.95 Å².